The van der Waals surface area contributed by atoms with E-state index in [2.05, 4.69) is 20.3 Å². The molecule has 0 atom stereocenters. The molecule has 0 bridgehead atoms. The van der Waals surface area contributed by atoms with Gasteiger partial charge in [0, 0.05) is 11.8 Å². The lowest BCUT2D eigenvalue weighted by Crippen LogP contribution is -2.14. The average molecular weight is 286 g/mol. The van der Waals surface area contributed by atoms with E-state index in [4.69, 9.17) is 5.73 Å². The van der Waals surface area contributed by atoms with Crippen LogP contribution in [0.25, 0.3) is 5.65 Å². The first-order valence-electron chi connectivity index (χ1n) is 6.10. The zero-order valence-corrected chi connectivity index (χ0v) is 11.0. The predicted octanol–water partition coefficient (Wildman–Crippen LogP) is 2.47. The van der Waals surface area contributed by atoms with E-state index in [-0.39, 0.29) is 28.4 Å². The number of fused-ring (bicyclic) bond motifs is 1. The first-order valence-corrected chi connectivity index (χ1v) is 6.10. The zero-order valence-electron chi connectivity index (χ0n) is 11.0. The number of H-pyrrole nitrogens is 1. The highest BCUT2D eigenvalue weighted by atomic mass is 19.1. The Bertz CT molecular complexity index is 911. The molecule has 3 rings (SSSR count). The summed E-state index contributed by atoms with van der Waals surface area (Å²) < 4.78 is 14.7. The molecule has 0 fully saturated rings. The van der Waals surface area contributed by atoms with Gasteiger partial charge in [-0.05, 0) is 19.1 Å². The number of hydrogen-bond donors (Lipinski definition) is 2. The number of azo groups is 1. The third-order valence-electron chi connectivity index (χ3n) is 2.86. The summed E-state index contributed by atoms with van der Waals surface area (Å²) in [6.45, 7) is 1.68. The van der Waals surface area contributed by atoms with Crippen LogP contribution in [0.2, 0.25) is 0 Å². The maximum atomic E-state index is 13.5. The van der Waals surface area contributed by atoms with E-state index in [0.29, 0.717) is 5.69 Å². The third-order valence-corrected chi connectivity index (χ3v) is 2.86. The molecule has 0 amide bonds. The van der Waals surface area contributed by atoms with Crippen LogP contribution in [0.1, 0.15) is 5.69 Å². The molecule has 0 aliphatic rings. The Morgan fingerprint density at radius 2 is 2.10 bits per heavy atom. The molecule has 0 radical (unpaired) electrons. The molecule has 7 nitrogen and oxygen atoms in total. The SMILES string of the molecule is Cc1cc(=O)n2[nH]c(N)c(N=Nc3ccccc3F)c2n1. The summed E-state index contributed by atoms with van der Waals surface area (Å²) in [5.41, 5.74) is 6.51. The monoisotopic (exact) mass is 286 g/mol. The number of nitrogens with two attached hydrogens (primary N) is 1. The summed E-state index contributed by atoms with van der Waals surface area (Å²) in [7, 11) is 0. The molecule has 8 heteroatoms. The minimum Gasteiger partial charge on any atom is -0.382 e. The van der Waals surface area contributed by atoms with Crippen molar-refractivity contribution in [2.75, 3.05) is 5.73 Å². The Morgan fingerprint density at radius 1 is 1.33 bits per heavy atom. The number of nitrogens with zero attached hydrogens (tertiary/aromatic N) is 4. The summed E-state index contributed by atoms with van der Waals surface area (Å²) in [5.74, 6) is -0.369. The van der Waals surface area contributed by atoms with Crippen LogP contribution in [0.5, 0.6) is 0 Å². The van der Waals surface area contributed by atoms with Gasteiger partial charge in [-0.25, -0.2) is 9.37 Å². The fourth-order valence-corrected chi connectivity index (χ4v) is 1.89. The fraction of sp³-hybridized carbons (Fsp3) is 0.0769. The van der Waals surface area contributed by atoms with Crippen molar-refractivity contribution in [1.82, 2.24) is 14.6 Å². The van der Waals surface area contributed by atoms with Crippen molar-refractivity contribution >= 4 is 22.8 Å². The molecule has 0 saturated heterocycles. The molecule has 2 heterocycles. The minimum atomic E-state index is -0.499. The summed E-state index contributed by atoms with van der Waals surface area (Å²) in [6.07, 6.45) is 0. The van der Waals surface area contributed by atoms with Crippen LogP contribution in [-0.4, -0.2) is 14.6 Å². The number of aryl methyl sites for hydroxylation is 1. The van der Waals surface area contributed by atoms with Crippen LogP contribution in [0, 0.1) is 12.7 Å². The molecular formula is C13H11FN6O. The highest BCUT2D eigenvalue weighted by Gasteiger charge is 2.12. The van der Waals surface area contributed by atoms with Crippen LogP contribution in [0.3, 0.4) is 0 Å². The van der Waals surface area contributed by atoms with Gasteiger partial charge in [0.2, 0.25) is 0 Å². The number of anilines is 1. The molecule has 1 aromatic carbocycles. The van der Waals surface area contributed by atoms with Gasteiger partial charge in [0.15, 0.2) is 17.2 Å². The van der Waals surface area contributed by atoms with Crippen LogP contribution in [0.15, 0.2) is 45.4 Å². The van der Waals surface area contributed by atoms with E-state index < -0.39 is 5.82 Å². The molecule has 0 unspecified atom stereocenters. The van der Waals surface area contributed by atoms with Crippen LogP contribution >= 0.6 is 0 Å². The first kappa shape index (κ1) is 13.0. The maximum absolute atomic E-state index is 13.5. The molecule has 2 aromatic heterocycles. The lowest BCUT2D eigenvalue weighted by molar-refractivity contribution is 0.628. The Balaban J connectivity index is 2.15. The molecule has 0 spiro atoms. The largest absolute Gasteiger partial charge is 0.382 e. The van der Waals surface area contributed by atoms with E-state index in [1.54, 1.807) is 19.1 Å². The number of aromatic nitrogens is 3. The Labute approximate surface area is 117 Å². The van der Waals surface area contributed by atoms with Gasteiger partial charge in [-0.2, -0.15) is 4.52 Å². The van der Waals surface area contributed by atoms with E-state index >= 15 is 0 Å². The van der Waals surface area contributed by atoms with Gasteiger partial charge in [0.05, 0.1) is 0 Å². The molecule has 0 saturated carbocycles. The summed E-state index contributed by atoms with van der Waals surface area (Å²) in [4.78, 5) is 16.0. The van der Waals surface area contributed by atoms with Crippen molar-refractivity contribution in [3.63, 3.8) is 0 Å². The van der Waals surface area contributed by atoms with Gasteiger partial charge in [-0.3, -0.25) is 9.89 Å². The number of rotatable bonds is 2. The quantitative estimate of drug-likeness (QED) is 0.707. The zero-order chi connectivity index (χ0) is 15.0. The Kier molecular flexibility index (Phi) is 2.98. The van der Waals surface area contributed by atoms with Crippen molar-refractivity contribution in [2.24, 2.45) is 10.2 Å². The molecule has 21 heavy (non-hydrogen) atoms. The van der Waals surface area contributed by atoms with Gasteiger partial charge < -0.3 is 5.73 Å². The normalized spacial score (nSPS) is 11.5. The second-order valence-electron chi connectivity index (χ2n) is 4.42. The Morgan fingerprint density at radius 3 is 2.86 bits per heavy atom. The number of aromatic amines is 1. The molecule has 3 N–H and O–H groups in total. The smallest absolute Gasteiger partial charge is 0.273 e. The summed E-state index contributed by atoms with van der Waals surface area (Å²) >= 11 is 0. The number of benzene rings is 1. The van der Waals surface area contributed by atoms with E-state index in [9.17, 15) is 9.18 Å². The minimum absolute atomic E-state index is 0.0752. The highest BCUT2D eigenvalue weighted by Crippen LogP contribution is 2.28. The lowest BCUT2D eigenvalue weighted by atomic mass is 10.3. The number of nitrogen functional groups attached to an aromatic ring is 1. The van der Waals surface area contributed by atoms with Crippen molar-refractivity contribution in [2.45, 2.75) is 6.92 Å². The molecule has 3 aromatic rings. The maximum Gasteiger partial charge on any atom is 0.273 e. The van der Waals surface area contributed by atoms with Gasteiger partial charge in [0.25, 0.3) is 5.56 Å². The second kappa shape index (κ2) is 4.82. The van der Waals surface area contributed by atoms with Crippen molar-refractivity contribution in [1.29, 1.82) is 0 Å². The first-order chi connectivity index (χ1) is 10.1. The van der Waals surface area contributed by atoms with Crippen LogP contribution in [0.4, 0.5) is 21.6 Å². The van der Waals surface area contributed by atoms with Gasteiger partial charge >= 0.3 is 0 Å². The van der Waals surface area contributed by atoms with E-state index in [0.717, 1.165) is 4.52 Å². The molecule has 0 aliphatic carbocycles. The third kappa shape index (κ3) is 2.27. The fourth-order valence-electron chi connectivity index (χ4n) is 1.89. The summed E-state index contributed by atoms with van der Waals surface area (Å²) in [6, 6.07) is 7.32. The van der Waals surface area contributed by atoms with E-state index in [1.165, 1.54) is 18.2 Å². The van der Waals surface area contributed by atoms with Crippen LogP contribution < -0.4 is 11.3 Å². The van der Waals surface area contributed by atoms with E-state index in [1.807, 2.05) is 0 Å². The van der Waals surface area contributed by atoms with Crippen LogP contribution in [-0.2, 0) is 0 Å². The number of hydrogen-bond acceptors (Lipinski definition) is 5. The lowest BCUT2D eigenvalue weighted by Gasteiger charge is -1.95. The Hall–Kier alpha value is -3.03. The van der Waals surface area contributed by atoms with Gasteiger partial charge in [0.1, 0.15) is 11.5 Å². The topological polar surface area (TPSA) is 101 Å². The molecular weight excluding hydrogens is 275 g/mol. The standard InChI is InChI=1S/C13H11FN6O/c1-7-6-10(21)20-13(16-7)11(12(15)19-20)18-17-9-5-3-2-4-8(9)14/h2-6,19H,15H2,1H3. The predicted molar refractivity (Wildman–Crippen MR) is 75.5 cm³/mol. The van der Waals surface area contributed by atoms with Gasteiger partial charge in [-0.1, -0.05) is 12.1 Å². The number of halogens is 1. The molecule has 106 valence electrons. The van der Waals surface area contributed by atoms with Crippen molar-refractivity contribution in [3.8, 4) is 0 Å². The highest BCUT2D eigenvalue weighted by molar-refractivity contribution is 5.75. The number of nitrogens with one attached hydrogen (secondary N) is 1. The average Bonchev–Trinajstić information content (AvgIpc) is 2.75. The van der Waals surface area contributed by atoms with Crippen molar-refractivity contribution < 1.29 is 4.39 Å². The second-order valence-corrected chi connectivity index (χ2v) is 4.42. The van der Waals surface area contributed by atoms with Gasteiger partial charge in [-0.15, -0.1) is 10.2 Å². The molecule has 0 aliphatic heterocycles. The van der Waals surface area contributed by atoms with Crippen molar-refractivity contribution in [3.05, 3.63) is 52.2 Å². The summed E-state index contributed by atoms with van der Waals surface area (Å²) in [5, 5.41) is 10.4.